The summed E-state index contributed by atoms with van der Waals surface area (Å²) in [5.41, 5.74) is 0.236. The molecule has 30 heavy (non-hydrogen) atoms. The van der Waals surface area contributed by atoms with Crippen LogP contribution in [0.25, 0.3) is 10.2 Å². The molecule has 2 aromatic carbocycles. The first-order chi connectivity index (χ1) is 14.5. The van der Waals surface area contributed by atoms with Crippen molar-refractivity contribution in [2.45, 2.75) is 24.3 Å². The molecule has 0 aliphatic heterocycles. The van der Waals surface area contributed by atoms with Crippen LogP contribution >= 0.6 is 23.1 Å². The predicted octanol–water partition coefficient (Wildman–Crippen LogP) is 4.64. The number of ether oxygens (including phenoxy) is 2. The molecule has 3 aromatic rings. The maximum absolute atomic E-state index is 14.3. The lowest BCUT2D eigenvalue weighted by Crippen LogP contribution is -2.19. The van der Waals surface area contributed by atoms with Crippen molar-refractivity contribution in [3.8, 4) is 5.75 Å². The molecule has 0 N–H and O–H groups in total. The van der Waals surface area contributed by atoms with E-state index < -0.39 is 11.6 Å². The van der Waals surface area contributed by atoms with Crippen molar-refractivity contribution in [1.29, 1.82) is 0 Å². The van der Waals surface area contributed by atoms with E-state index in [1.54, 1.807) is 23.4 Å². The van der Waals surface area contributed by atoms with Crippen LogP contribution in [0, 0.1) is 11.6 Å². The summed E-state index contributed by atoms with van der Waals surface area (Å²) in [5, 5.41) is 0. The summed E-state index contributed by atoms with van der Waals surface area (Å²) in [6.45, 7) is 0.640. The predicted molar refractivity (Wildman–Crippen MR) is 115 cm³/mol. The monoisotopic (exact) mass is 452 g/mol. The first-order valence-electron chi connectivity index (χ1n) is 9.33. The molecule has 160 valence electrons. The summed E-state index contributed by atoms with van der Waals surface area (Å²) in [6, 6.07) is 9.82. The SMILES string of the molecule is COCCn1c(=NC(=O)CCCSc2ccc(OC)cc2)sc2cc(F)cc(F)c21. The summed E-state index contributed by atoms with van der Waals surface area (Å²) in [6.07, 6.45) is 0.934. The number of hydrogen-bond acceptors (Lipinski definition) is 5. The molecular formula is C21H22F2N2O3S2. The highest BCUT2D eigenvalue weighted by Crippen LogP contribution is 2.23. The minimum absolute atomic E-state index is 0.236. The Morgan fingerprint density at radius 3 is 2.67 bits per heavy atom. The molecular weight excluding hydrogens is 430 g/mol. The molecule has 0 spiro atoms. The van der Waals surface area contributed by atoms with Crippen molar-refractivity contribution < 1.29 is 23.0 Å². The molecule has 0 radical (unpaired) electrons. The van der Waals surface area contributed by atoms with Gasteiger partial charge in [0.15, 0.2) is 10.6 Å². The van der Waals surface area contributed by atoms with Crippen LogP contribution in [0.1, 0.15) is 12.8 Å². The standard InChI is InChI=1S/C21H22F2N2O3S2/c1-27-10-9-25-20-17(23)12-14(22)13-18(20)30-21(25)24-19(26)4-3-11-29-16-7-5-15(28-2)6-8-16/h5-8,12-13H,3-4,9-11H2,1-2H3. The molecule has 0 atom stereocenters. The van der Waals surface area contributed by atoms with Crippen molar-refractivity contribution in [2.75, 3.05) is 26.6 Å². The van der Waals surface area contributed by atoms with Gasteiger partial charge in [0.25, 0.3) is 0 Å². The highest BCUT2D eigenvalue weighted by molar-refractivity contribution is 7.99. The number of hydrogen-bond donors (Lipinski definition) is 0. The fourth-order valence-corrected chi connectivity index (χ4v) is 4.82. The zero-order valence-electron chi connectivity index (χ0n) is 16.7. The third-order valence-corrected chi connectivity index (χ3v) is 6.42. The lowest BCUT2D eigenvalue weighted by Gasteiger charge is -2.05. The third-order valence-electron chi connectivity index (χ3n) is 4.30. The van der Waals surface area contributed by atoms with Crippen LogP contribution in [0.3, 0.4) is 0 Å². The number of nitrogens with zero attached hydrogens (tertiary/aromatic N) is 2. The average molecular weight is 453 g/mol. The second kappa shape index (κ2) is 10.7. The molecule has 0 unspecified atom stereocenters. The topological polar surface area (TPSA) is 52.8 Å². The van der Waals surface area contributed by atoms with E-state index in [0.29, 0.717) is 29.1 Å². The number of methoxy groups -OCH3 is 2. The zero-order chi connectivity index (χ0) is 21.5. The fraction of sp³-hybridized carbons (Fsp3) is 0.333. The quantitative estimate of drug-likeness (QED) is 0.351. The van der Waals surface area contributed by atoms with Gasteiger partial charge in [-0.3, -0.25) is 4.79 Å². The number of carbonyl (C=O) groups excluding carboxylic acids is 1. The number of thiazole rings is 1. The molecule has 1 aromatic heterocycles. The van der Waals surface area contributed by atoms with Gasteiger partial charge >= 0.3 is 0 Å². The third kappa shape index (κ3) is 5.68. The van der Waals surface area contributed by atoms with Gasteiger partial charge in [-0.05, 0) is 42.5 Å². The summed E-state index contributed by atoms with van der Waals surface area (Å²) in [4.78, 5) is 18.0. The normalized spacial score (nSPS) is 11.9. The molecule has 0 saturated carbocycles. The molecule has 0 fully saturated rings. The Hall–Kier alpha value is -2.23. The van der Waals surface area contributed by atoms with E-state index in [0.717, 1.165) is 33.8 Å². The van der Waals surface area contributed by atoms with Crippen LogP contribution in [0.15, 0.2) is 46.3 Å². The number of thioether (sulfide) groups is 1. The van der Waals surface area contributed by atoms with E-state index >= 15 is 0 Å². The summed E-state index contributed by atoms with van der Waals surface area (Å²) in [7, 11) is 3.16. The second-order valence-electron chi connectivity index (χ2n) is 6.40. The van der Waals surface area contributed by atoms with E-state index in [4.69, 9.17) is 9.47 Å². The number of amides is 1. The molecule has 0 bridgehead atoms. The van der Waals surface area contributed by atoms with E-state index in [2.05, 4.69) is 4.99 Å². The minimum atomic E-state index is -0.679. The van der Waals surface area contributed by atoms with Gasteiger partial charge in [0.1, 0.15) is 11.6 Å². The first kappa shape index (κ1) is 22.5. The molecule has 0 aliphatic carbocycles. The minimum Gasteiger partial charge on any atom is -0.497 e. The number of fused-ring (bicyclic) bond motifs is 1. The Labute approximate surface area is 181 Å². The Morgan fingerprint density at radius 2 is 1.97 bits per heavy atom. The van der Waals surface area contributed by atoms with Gasteiger partial charge < -0.3 is 14.0 Å². The Morgan fingerprint density at radius 1 is 1.20 bits per heavy atom. The molecule has 3 rings (SSSR count). The molecule has 9 heteroatoms. The van der Waals surface area contributed by atoms with Crippen LogP contribution < -0.4 is 9.54 Å². The van der Waals surface area contributed by atoms with Crippen molar-refractivity contribution in [1.82, 2.24) is 4.57 Å². The summed E-state index contributed by atoms with van der Waals surface area (Å²) >= 11 is 2.74. The summed E-state index contributed by atoms with van der Waals surface area (Å²) < 4.78 is 40.1. The van der Waals surface area contributed by atoms with Gasteiger partial charge in [0.2, 0.25) is 5.91 Å². The zero-order valence-corrected chi connectivity index (χ0v) is 18.3. The molecule has 1 amide bonds. The Bertz CT molecular complexity index is 1080. The first-order valence-corrected chi connectivity index (χ1v) is 11.1. The van der Waals surface area contributed by atoms with Crippen molar-refractivity contribution in [2.24, 2.45) is 4.99 Å². The average Bonchev–Trinajstić information content (AvgIpc) is 3.06. The van der Waals surface area contributed by atoms with Crippen LogP contribution in [-0.4, -0.2) is 37.1 Å². The highest BCUT2D eigenvalue weighted by atomic mass is 32.2. The Balaban J connectivity index is 1.68. The highest BCUT2D eigenvalue weighted by Gasteiger charge is 2.14. The number of benzene rings is 2. The lowest BCUT2D eigenvalue weighted by molar-refractivity contribution is -0.118. The molecule has 1 heterocycles. The largest absolute Gasteiger partial charge is 0.497 e. The van der Waals surface area contributed by atoms with Gasteiger partial charge in [-0.1, -0.05) is 11.3 Å². The molecule has 0 aliphatic rings. The van der Waals surface area contributed by atoms with Crippen molar-refractivity contribution in [3.63, 3.8) is 0 Å². The van der Waals surface area contributed by atoms with E-state index in [1.165, 1.54) is 13.2 Å². The smallest absolute Gasteiger partial charge is 0.248 e. The van der Waals surface area contributed by atoms with Crippen LogP contribution in [-0.2, 0) is 16.1 Å². The van der Waals surface area contributed by atoms with Gasteiger partial charge in [-0.15, -0.1) is 11.8 Å². The number of halogens is 2. The fourth-order valence-electron chi connectivity index (χ4n) is 2.85. The van der Waals surface area contributed by atoms with Crippen LogP contribution in [0.2, 0.25) is 0 Å². The van der Waals surface area contributed by atoms with Gasteiger partial charge in [-0.25, -0.2) is 8.78 Å². The van der Waals surface area contributed by atoms with E-state index in [-0.39, 0.29) is 17.8 Å². The van der Waals surface area contributed by atoms with E-state index in [9.17, 15) is 13.6 Å². The Kier molecular flexibility index (Phi) is 8.01. The van der Waals surface area contributed by atoms with Crippen molar-refractivity contribution >= 4 is 39.2 Å². The maximum Gasteiger partial charge on any atom is 0.248 e. The van der Waals surface area contributed by atoms with Crippen LogP contribution in [0.4, 0.5) is 8.78 Å². The van der Waals surface area contributed by atoms with Gasteiger partial charge in [0, 0.05) is 31.0 Å². The van der Waals surface area contributed by atoms with E-state index in [1.807, 2.05) is 24.3 Å². The van der Waals surface area contributed by atoms with Crippen molar-refractivity contribution in [3.05, 3.63) is 52.8 Å². The number of aromatic nitrogens is 1. The number of carbonyl (C=O) groups is 1. The molecule has 0 saturated heterocycles. The second-order valence-corrected chi connectivity index (χ2v) is 8.57. The van der Waals surface area contributed by atoms with Gasteiger partial charge in [-0.2, -0.15) is 4.99 Å². The lowest BCUT2D eigenvalue weighted by atomic mass is 10.3. The molecule has 5 nitrogen and oxygen atoms in total. The maximum atomic E-state index is 14.3. The van der Waals surface area contributed by atoms with Crippen LogP contribution in [0.5, 0.6) is 5.75 Å². The summed E-state index contributed by atoms with van der Waals surface area (Å²) in [5.74, 6) is -0.0572. The van der Waals surface area contributed by atoms with Gasteiger partial charge in [0.05, 0.1) is 23.9 Å². The number of rotatable bonds is 9.